The molecule has 39 heavy (non-hydrogen) atoms. The number of fused-ring (bicyclic) bond motifs is 3. The number of nitrogens with one attached hydrogen (secondary N) is 1. The van der Waals surface area contributed by atoms with Gasteiger partial charge in [-0.1, -0.05) is 84.9 Å². The molecule has 1 amide bonds. The molecule has 0 aliphatic heterocycles. The van der Waals surface area contributed by atoms with Gasteiger partial charge < -0.3 is 9.30 Å². The van der Waals surface area contributed by atoms with Gasteiger partial charge >= 0.3 is 0 Å². The van der Waals surface area contributed by atoms with Crippen LogP contribution in [0.3, 0.4) is 0 Å². The van der Waals surface area contributed by atoms with Gasteiger partial charge in [0.1, 0.15) is 5.75 Å². The van der Waals surface area contributed by atoms with Crippen LogP contribution < -0.4 is 16.0 Å². The molecule has 5 nitrogen and oxygen atoms in total. The number of nitrogens with zero attached hydrogens (tertiary/aromatic N) is 1. The van der Waals surface area contributed by atoms with Gasteiger partial charge in [0.05, 0.1) is 12.5 Å². The topological polar surface area (TPSA) is 69.3 Å². The van der Waals surface area contributed by atoms with Crippen molar-refractivity contribution in [3.8, 4) is 16.9 Å². The Morgan fingerprint density at radius 2 is 1.67 bits per heavy atom. The fraction of sp³-hybridized carbons (Fsp3) is 0.206. The number of carbonyl (C=O) groups is 1. The average Bonchev–Trinajstić information content (AvgIpc) is 3.31. The van der Waals surface area contributed by atoms with E-state index in [1.165, 1.54) is 27.9 Å². The summed E-state index contributed by atoms with van der Waals surface area (Å²) in [7, 11) is 0. The molecule has 0 saturated heterocycles. The number of carbonyl (C=O) groups excluding carboxylic acids is 1. The largest absolute Gasteiger partial charge is 0.493 e. The summed E-state index contributed by atoms with van der Waals surface area (Å²) >= 11 is 0. The fourth-order valence-electron chi connectivity index (χ4n) is 5.98. The van der Waals surface area contributed by atoms with Gasteiger partial charge in [0.2, 0.25) is 5.91 Å². The molecule has 1 aliphatic rings. The molecule has 0 unspecified atom stereocenters. The molecule has 3 N–H and O–H groups in total. The second-order valence-corrected chi connectivity index (χ2v) is 10.2. The Bertz CT molecular complexity index is 1590. The van der Waals surface area contributed by atoms with Crippen LogP contribution in [0.4, 0.5) is 0 Å². The number of hydrogen-bond donors (Lipinski definition) is 2. The Morgan fingerprint density at radius 1 is 0.923 bits per heavy atom. The molecule has 5 heteroatoms. The summed E-state index contributed by atoms with van der Waals surface area (Å²) in [5.74, 6) is 6.06. The third-order valence-corrected chi connectivity index (χ3v) is 7.83. The lowest BCUT2D eigenvalue weighted by molar-refractivity contribution is -0.122. The van der Waals surface area contributed by atoms with Gasteiger partial charge in [-0.25, -0.2) is 5.84 Å². The van der Waals surface area contributed by atoms with Crippen molar-refractivity contribution in [3.63, 3.8) is 0 Å². The van der Waals surface area contributed by atoms with Crippen LogP contribution in [0.15, 0.2) is 103 Å². The predicted octanol–water partition coefficient (Wildman–Crippen LogP) is 6.39. The highest BCUT2D eigenvalue weighted by Crippen LogP contribution is 2.41. The zero-order valence-electron chi connectivity index (χ0n) is 22.0. The molecule has 0 spiro atoms. The minimum Gasteiger partial charge on any atom is -0.493 e. The lowest BCUT2D eigenvalue weighted by Crippen LogP contribution is -2.36. The van der Waals surface area contributed by atoms with Crippen molar-refractivity contribution >= 4 is 16.8 Å². The van der Waals surface area contributed by atoms with Crippen molar-refractivity contribution in [2.24, 2.45) is 5.84 Å². The zero-order valence-corrected chi connectivity index (χ0v) is 22.0. The zero-order chi connectivity index (χ0) is 26.6. The number of nitrogens with two attached hydrogens (primary N) is 1. The number of ether oxygens (including phenoxy) is 1. The lowest BCUT2D eigenvalue weighted by atomic mass is 9.84. The summed E-state index contributed by atoms with van der Waals surface area (Å²) in [4.78, 5) is 12.9. The third-order valence-electron chi connectivity index (χ3n) is 7.83. The smallest absolute Gasteiger partial charge is 0.241 e. The average molecular weight is 516 g/mol. The van der Waals surface area contributed by atoms with E-state index in [0.717, 1.165) is 54.4 Å². The van der Waals surface area contributed by atoms with Gasteiger partial charge in [-0.15, -0.1) is 0 Å². The molecular weight excluding hydrogens is 482 g/mol. The van der Waals surface area contributed by atoms with E-state index in [-0.39, 0.29) is 11.8 Å². The SMILES string of the molecule is NNC(=O)[C@H]1CCCc2c1c1cc(OCCc3ccccc3)ccc1n2Cc1ccccc1-c1ccccc1. The van der Waals surface area contributed by atoms with Crippen LogP contribution in [0.5, 0.6) is 5.75 Å². The molecular formula is C34H33N3O2. The van der Waals surface area contributed by atoms with E-state index in [2.05, 4.69) is 101 Å². The van der Waals surface area contributed by atoms with Crippen molar-refractivity contribution in [2.45, 2.75) is 38.1 Å². The van der Waals surface area contributed by atoms with Gasteiger partial charge in [-0.05, 0) is 65.3 Å². The van der Waals surface area contributed by atoms with Gasteiger partial charge in [-0.3, -0.25) is 10.2 Å². The quantitative estimate of drug-likeness (QED) is 0.143. The lowest BCUT2D eigenvalue weighted by Gasteiger charge is -2.23. The van der Waals surface area contributed by atoms with E-state index in [0.29, 0.717) is 6.61 Å². The summed E-state index contributed by atoms with van der Waals surface area (Å²) in [6, 6.07) is 35.8. The van der Waals surface area contributed by atoms with E-state index in [9.17, 15) is 4.79 Å². The Labute approximate surface area is 229 Å². The first-order valence-corrected chi connectivity index (χ1v) is 13.7. The van der Waals surface area contributed by atoms with Crippen LogP contribution in [-0.4, -0.2) is 17.1 Å². The third kappa shape index (κ3) is 5.06. The van der Waals surface area contributed by atoms with Crippen LogP contribution in [0.25, 0.3) is 22.0 Å². The highest BCUT2D eigenvalue weighted by atomic mass is 16.5. The van der Waals surface area contributed by atoms with Gasteiger partial charge in [0.15, 0.2) is 0 Å². The Kier molecular flexibility index (Phi) is 7.15. The molecule has 6 rings (SSSR count). The molecule has 4 aromatic carbocycles. The summed E-state index contributed by atoms with van der Waals surface area (Å²) in [5, 5.41) is 1.08. The standard InChI is InChI=1S/C34H33N3O2/c35-36-34(38)29-16-9-17-32-33(29)30-22-27(39-21-20-24-10-3-1-4-11-24)18-19-31(30)37(32)23-26-14-7-8-15-28(26)25-12-5-2-6-13-25/h1-8,10-15,18-19,22,29H,9,16-17,20-21,23,35H2,(H,36,38)/t29-/m0/s1. The Morgan fingerprint density at radius 3 is 2.46 bits per heavy atom. The first-order chi connectivity index (χ1) is 19.2. The van der Waals surface area contributed by atoms with Crippen molar-refractivity contribution in [2.75, 3.05) is 6.61 Å². The van der Waals surface area contributed by atoms with E-state index in [1.807, 2.05) is 12.1 Å². The van der Waals surface area contributed by atoms with E-state index < -0.39 is 0 Å². The number of hydrazine groups is 1. The van der Waals surface area contributed by atoms with Crippen LogP contribution in [0.1, 0.15) is 41.1 Å². The van der Waals surface area contributed by atoms with Crippen molar-refractivity contribution in [1.82, 2.24) is 9.99 Å². The van der Waals surface area contributed by atoms with Gasteiger partial charge in [-0.2, -0.15) is 0 Å². The summed E-state index contributed by atoms with van der Waals surface area (Å²) in [5.41, 5.74) is 10.8. The number of benzene rings is 4. The number of amides is 1. The molecule has 1 aromatic heterocycles. The predicted molar refractivity (Wildman–Crippen MR) is 157 cm³/mol. The van der Waals surface area contributed by atoms with Crippen LogP contribution in [0.2, 0.25) is 0 Å². The minimum absolute atomic E-state index is 0.130. The molecule has 0 fully saturated rings. The number of hydrogen-bond acceptors (Lipinski definition) is 3. The van der Waals surface area contributed by atoms with Crippen LogP contribution in [0, 0.1) is 0 Å². The van der Waals surface area contributed by atoms with Crippen LogP contribution >= 0.6 is 0 Å². The summed E-state index contributed by atoms with van der Waals surface area (Å²) < 4.78 is 8.60. The number of rotatable bonds is 8. The monoisotopic (exact) mass is 515 g/mol. The van der Waals surface area contributed by atoms with E-state index >= 15 is 0 Å². The van der Waals surface area contributed by atoms with Crippen molar-refractivity contribution in [1.29, 1.82) is 0 Å². The Hall–Kier alpha value is -4.35. The van der Waals surface area contributed by atoms with Crippen LogP contribution in [-0.2, 0) is 24.2 Å². The summed E-state index contributed by atoms with van der Waals surface area (Å²) in [6.07, 6.45) is 3.50. The normalized spacial score (nSPS) is 14.6. The first kappa shape index (κ1) is 25.0. The highest BCUT2D eigenvalue weighted by Gasteiger charge is 2.32. The molecule has 0 saturated carbocycles. The molecule has 196 valence electrons. The molecule has 0 radical (unpaired) electrons. The van der Waals surface area contributed by atoms with Gasteiger partial charge in [0, 0.05) is 29.6 Å². The molecule has 1 aliphatic carbocycles. The van der Waals surface area contributed by atoms with E-state index in [1.54, 1.807) is 0 Å². The molecule has 1 atom stereocenters. The molecule has 1 heterocycles. The first-order valence-electron chi connectivity index (χ1n) is 13.7. The highest BCUT2D eigenvalue weighted by molar-refractivity contribution is 5.94. The van der Waals surface area contributed by atoms with E-state index in [4.69, 9.17) is 10.6 Å². The Balaban J connectivity index is 1.40. The minimum atomic E-state index is -0.272. The molecule has 5 aromatic rings. The molecule has 0 bridgehead atoms. The maximum Gasteiger partial charge on any atom is 0.241 e. The van der Waals surface area contributed by atoms with Crippen molar-refractivity contribution < 1.29 is 9.53 Å². The fourth-order valence-corrected chi connectivity index (χ4v) is 5.98. The second kappa shape index (κ2) is 11.2. The summed E-state index contributed by atoms with van der Waals surface area (Å²) in [6.45, 7) is 1.32. The maximum absolute atomic E-state index is 12.9. The maximum atomic E-state index is 12.9. The van der Waals surface area contributed by atoms with Crippen molar-refractivity contribution in [3.05, 3.63) is 126 Å². The van der Waals surface area contributed by atoms with Gasteiger partial charge in [0.25, 0.3) is 0 Å². The number of aromatic nitrogens is 1. The second-order valence-electron chi connectivity index (χ2n) is 10.2.